The maximum atomic E-state index is 6.77. The van der Waals surface area contributed by atoms with Crippen molar-refractivity contribution in [2.75, 3.05) is 0 Å². The molecule has 0 aromatic heterocycles. The summed E-state index contributed by atoms with van der Waals surface area (Å²) < 4.78 is 6.76. The van der Waals surface area contributed by atoms with Crippen LogP contribution in [0.4, 0.5) is 0 Å². The zero-order valence-electron chi connectivity index (χ0n) is 10.9. The molecule has 0 amide bonds. The topological polar surface area (TPSA) is 120 Å². The van der Waals surface area contributed by atoms with Gasteiger partial charge in [-0.2, -0.15) is 5.53 Å². The van der Waals surface area contributed by atoms with Crippen LogP contribution < -0.4 is 32.1 Å². The monoisotopic (exact) mass is 399 g/mol. The van der Waals surface area contributed by atoms with Crippen molar-refractivity contribution >= 4 is 22.6 Å². The highest BCUT2D eigenvalue weighted by Gasteiger charge is 2.24. The second kappa shape index (κ2) is 7.23. The Hall–Kier alpha value is -1.87. The van der Waals surface area contributed by atoms with Crippen LogP contribution >= 0.6 is 22.6 Å². The lowest BCUT2D eigenvalue weighted by molar-refractivity contribution is 0.244. The molecule has 110 valence electrons. The molecule has 0 saturated carbocycles. The van der Waals surface area contributed by atoms with Crippen molar-refractivity contribution in [3.05, 3.63) is 39.3 Å². The quantitative estimate of drug-likeness (QED) is 0.139. The molecule has 1 aliphatic heterocycles. The Labute approximate surface area is 135 Å². The highest BCUT2D eigenvalue weighted by atomic mass is 127. The smallest absolute Gasteiger partial charge is 0.171 e. The number of halogens is 1. The molecule has 1 aromatic rings. The molecule has 0 aliphatic carbocycles. The van der Waals surface area contributed by atoms with E-state index in [0.717, 1.165) is 9.13 Å². The van der Waals surface area contributed by atoms with Crippen LogP contribution in [0.2, 0.25) is 0 Å². The zero-order valence-corrected chi connectivity index (χ0v) is 13.0. The van der Waals surface area contributed by atoms with Gasteiger partial charge in [0.2, 0.25) is 0 Å². The van der Waals surface area contributed by atoms with E-state index < -0.39 is 12.5 Å². The first-order valence-corrected chi connectivity index (χ1v) is 7.00. The van der Waals surface area contributed by atoms with Crippen molar-refractivity contribution in [3.63, 3.8) is 0 Å². The third-order valence-corrected chi connectivity index (χ3v) is 3.59. The minimum atomic E-state index is -0.448. The fourth-order valence-corrected chi connectivity index (χ4v) is 2.15. The minimum absolute atomic E-state index is 0.424. The van der Waals surface area contributed by atoms with Crippen LogP contribution in [0.5, 0.6) is 5.75 Å². The number of benzene rings is 1. The molecular weight excluding hydrogens is 385 g/mol. The molecule has 1 aromatic carbocycles. The summed E-state index contributed by atoms with van der Waals surface area (Å²) in [5.41, 5.74) is 12.6. The summed E-state index contributed by atoms with van der Waals surface area (Å²) in [7, 11) is 0. The van der Waals surface area contributed by atoms with E-state index in [1.165, 1.54) is 0 Å². The third-order valence-electron chi connectivity index (χ3n) is 2.70. The van der Waals surface area contributed by atoms with E-state index in [4.69, 9.17) is 22.5 Å². The highest BCUT2D eigenvalue weighted by Crippen LogP contribution is 2.25. The molecular formula is C12H14IN7O. The van der Waals surface area contributed by atoms with Gasteiger partial charge in [0.1, 0.15) is 11.9 Å². The van der Waals surface area contributed by atoms with Crippen molar-refractivity contribution in [2.45, 2.75) is 12.5 Å². The normalized spacial score (nSPS) is 20.7. The van der Waals surface area contributed by atoms with Crippen LogP contribution in [0.15, 0.2) is 35.4 Å². The van der Waals surface area contributed by atoms with E-state index >= 15 is 0 Å². The molecule has 2 atom stereocenters. The number of hydrogen-bond donors (Lipinski definition) is 6. The van der Waals surface area contributed by atoms with Crippen LogP contribution in [0.1, 0.15) is 5.56 Å². The molecule has 0 saturated heterocycles. The number of nitrogens with two attached hydrogens (primary N) is 1. The minimum Gasteiger partial charge on any atom is -0.456 e. The SMILES string of the molecule is C#Cc1ccc(I)c(OC2=CNC(NN=N)NC2NN)c1. The summed E-state index contributed by atoms with van der Waals surface area (Å²) in [5, 5.41) is 9.04. The summed E-state index contributed by atoms with van der Waals surface area (Å²) in [6.07, 6.45) is 6.16. The number of hydrogen-bond acceptors (Lipinski definition) is 7. The first kappa shape index (κ1) is 15.5. The molecule has 2 unspecified atom stereocenters. The summed E-state index contributed by atoms with van der Waals surface area (Å²) in [6, 6.07) is 5.50. The fourth-order valence-electron chi connectivity index (χ4n) is 1.70. The number of ether oxygens (including phenoxy) is 1. The Morgan fingerprint density at radius 1 is 1.52 bits per heavy atom. The van der Waals surface area contributed by atoms with E-state index in [1.54, 1.807) is 12.3 Å². The van der Waals surface area contributed by atoms with E-state index in [-0.39, 0.29) is 0 Å². The second-order valence-corrected chi connectivity index (χ2v) is 5.21. The predicted octanol–water partition coefficient (Wildman–Crippen LogP) is 0.294. The van der Waals surface area contributed by atoms with Gasteiger partial charge in [-0.25, -0.2) is 5.43 Å². The van der Waals surface area contributed by atoms with E-state index in [2.05, 4.69) is 55.2 Å². The Kier molecular flexibility index (Phi) is 5.34. The molecule has 8 nitrogen and oxygen atoms in total. The van der Waals surface area contributed by atoms with E-state index in [0.29, 0.717) is 11.5 Å². The summed E-state index contributed by atoms with van der Waals surface area (Å²) in [4.78, 5) is 0. The van der Waals surface area contributed by atoms with Gasteiger partial charge >= 0.3 is 0 Å². The first-order chi connectivity index (χ1) is 10.2. The fraction of sp³-hybridized carbons (Fsp3) is 0.167. The largest absolute Gasteiger partial charge is 0.456 e. The standard InChI is InChI=1S/C12H14IN7O/c1-2-7-3-4-8(13)9(5-7)21-10-6-16-12(19-20-15)17-11(10)18-14/h1,3-6,11-12,16-18H,14H2,(H2,15,19). The van der Waals surface area contributed by atoms with Crippen LogP contribution in [0.25, 0.3) is 0 Å². The Bertz CT molecular complexity index is 598. The molecule has 1 aliphatic rings. The molecule has 0 bridgehead atoms. The summed E-state index contributed by atoms with van der Waals surface area (Å²) >= 11 is 2.16. The van der Waals surface area contributed by atoms with E-state index in [9.17, 15) is 0 Å². The third kappa shape index (κ3) is 3.82. The van der Waals surface area contributed by atoms with Gasteiger partial charge in [-0.15, -0.1) is 6.42 Å². The maximum Gasteiger partial charge on any atom is 0.171 e. The van der Waals surface area contributed by atoms with Gasteiger partial charge < -0.3 is 10.1 Å². The Balaban J connectivity index is 2.18. The van der Waals surface area contributed by atoms with Crippen LogP contribution in [0.3, 0.4) is 0 Å². The number of nitrogens with zero attached hydrogens (tertiary/aromatic N) is 1. The number of rotatable bonds is 5. The second-order valence-electron chi connectivity index (χ2n) is 4.05. The summed E-state index contributed by atoms with van der Waals surface area (Å²) in [5.74, 6) is 9.23. The van der Waals surface area contributed by atoms with Crippen molar-refractivity contribution in [1.82, 2.24) is 21.5 Å². The molecule has 9 heteroatoms. The molecule has 0 spiro atoms. The van der Waals surface area contributed by atoms with E-state index in [1.807, 2.05) is 12.1 Å². The van der Waals surface area contributed by atoms with Crippen LogP contribution in [0, 0.1) is 21.4 Å². The average Bonchev–Trinajstić information content (AvgIpc) is 2.51. The van der Waals surface area contributed by atoms with Gasteiger partial charge in [0.15, 0.2) is 12.0 Å². The predicted molar refractivity (Wildman–Crippen MR) is 85.3 cm³/mol. The van der Waals surface area contributed by atoms with Crippen molar-refractivity contribution in [1.29, 1.82) is 5.53 Å². The molecule has 21 heavy (non-hydrogen) atoms. The molecule has 1 heterocycles. The highest BCUT2D eigenvalue weighted by molar-refractivity contribution is 14.1. The van der Waals surface area contributed by atoms with Crippen LogP contribution in [-0.4, -0.2) is 12.5 Å². The lowest BCUT2D eigenvalue weighted by atomic mass is 10.2. The molecule has 7 N–H and O–H groups in total. The Morgan fingerprint density at radius 3 is 3.00 bits per heavy atom. The van der Waals surface area contributed by atoms with Gasteiger partial charge in [-0.1, -0.05) is 11.1 Å². The van der Waals surface area contributed by atoms with Gasteiger partial charge in [0.25, 0.3) is 0 Å². The van der Waals surface area contributed by atoms with Crippen molar-refractivity contribution < 1.29 is 4.74 Å². The molecule has 0 fully saturated rings. The van der Waals surface area contributed by atoms with Crippen LogP contribution in [-0.2, 0) is 0 Å². The first-order valence-electron chi connectivity index (χ1n) is 5.92. The Morgan fingerprint density at radius 2 is 2.33 bits per heavy atom. The number of hydrazine groups is 1. The lowest BCUT2D eigenvalue weighted by Crippen LogP contribution is -2.62. The lowest BCUT2D eigenvalue weighted by Gasteiger charge is -2.31. The number of terminal acetylenes is 1. The zero-order chi connectivity index (χ0) is 15.2. The molecule has 2 rings (SSSR count). The maximum absolute atomic E-state index is 6.77. The van der Waals surface area contributed by atoms with Gasteiger partial charge in [-0.3, -0.25) is 16.6 Å². The molecule has 0 radical (unpaired) electrons. The van der Waals surface area contributed by atoms with Gasteiger partial charge in [-0.05, 0) is 40.8 Å². The van der Waals surface area contributed by atoms with Crippen molar-refractivity contribution in [3.8, 4) is 18.1 Å². The van der Waals surface area contributed by atoms with Gasteiger partial charge in [0, 0.05) is 11.8 Å². The average molecular weight is 399 g/mol. The van der Waals surface area contributed by atoms with Crippen molar-refractivity contribution in [2.24, 2.45) is 11.1 Å². The summed E-state index contributed by atoms with van der Waals surface area (Å²) in [6.45, 7) is 0. The number of nitrogens with one attached hydrogen (secondary N) is 5. The van der Waals surface area contributed by atoms with Gasteiger partial charge in [0.05, 0.1) is 3.57 Å².